The summed E-state index contributed by atoms with van der Waals surface area (Å²) < 4.78 is 0. The molecule has 0 aromatic rings. The van der Waals surface area contributed by atoms with E-state index >= 15 is 0 Å². The Bertz CT molecular complexity index is 97.0. The van der Waals surface area contributed by atoms with Crippen LogP contribution in [0, 0.1) is 0 Å². The predicted octanol–water partition coefficient (Wildman–Crippen LogP) is 3.06. The van der Waals surface area contributed by atoms with E-state index in [-0.39, 0.29) is 0 Å². The first-order valence-corrected chi connectivity index (χ1v) is 11.9. The van der Waals surface area contributed by atoms with Crippen LogP contribution in [0.4, 0.5) is 0 Å². The van der Waals surface area contributed by atoms with Gasteiger partial charge in [-0.1, -0.05) is 0 Å². The van der Waals surface area contributed by atoms with Crippen molar-refractivity contribution in [1.29, 1.82) is 0 Å². The second-order valence-corrected chi connectivity index (χ2v) is 18.5. The van der Waals surface area contributed by atoms with Crippen LogP contribution in [0.3, 0.4) is 0 Å². The molecule has 0 aliphatic rings. The van der Waals surface area contributed by atoms with E-state index in [4.69, 9.17) is 0 Å². The number of hydrogen-bond acceptors (Lipinski definition) is 0. The molecule has 0 bridgehead atoms. The molecule has 0 aromatic heterocycles. The first-order chi connectivity index (χ1) is 4.83. The van der Waals surface area contributed by atoms with E-state index in [0.29, 0.717) is 0 Å². The second kappa shape index (κ2) is 4.31. The Balaban J connectivity index is 4.53. The van der Waals surface area contributed by atoms with Gasteiger partial charge < -0.3 is 0 Å². The van der Waals surface area contributed by atoms with Crippen LogP contribution in [0.25, 0.3) is 0 Å². The summed E-state index contributed by atoms with van der Waals surface area (Å²) in [4.78, 5) is 0. The van der Waals surface area contributed by atoms with E-state index < -0.39 is 5.58 Å². The molecule has 0 atom stereocenters. The molecule has 0 aromatic carbocycles. The monoisotopic (exact) mass is 278 g/mol. The van der Waals surface area contributed by atoms with E-state index in [2.05, 4.69) is 41.5 Å². The average molecular weight is 277 g/mol. The van der Waals surface area contributed by atoms with Crippen molar-refractivity contribution in [3.05, 3.63) is 0 Å². The van der Waals surface area contributed by atoms with Crippen LogP contribution in [0.5, 0.6) is 0 Å². The SMILES string of the molecule is CC(C)[Si]([SnH])(C(C)C)C(C)C. The Morgan fingerprint density at radius 1 is 0.727 bits per heavy atom. The summed E-state index contributed by atoms with van der Waals surface area (Å²) >= 11 is 1.53. The molecule has 0 aliphatic carbocycles. The minimum absolute atomic E-state index is 0.851. The molecule has 0 N–H and O–H groups in total. The van der Waals surface area contributed by atoms with Crippen molar-refractivity contribution < 1.29 is 0 Å². The molecule has 0 saturated heterocycles. The molecule has 0 nitrogen and oxygen atoms in total. The Labute approximate surface area is 85.3 Å². The topological polar surface area (TPSA) is 0 Å². The molecule has 66 valence electrons. The Morgan fingerprint density at radius 3 is 0.909 bits per heavy atom. The molecule has 0 amide bonds. The first kappa shape index (κ1) is 12.0. The summed E-state index contributed by atoms with van der Waals surface area (Å²) in [5.41, 5.74) is 2.08. The van der Waals surface area contributed by atoms with E-state index in [9.17, 15) is 0 Å². The van der Waals surface area contributed by atoms with Crippen molar-refractivity contribution in [2.45, 2.75) is 58.2 Å². The van der Waals surface area contributed by atoms with E-state index in [0.717, 1.165) is 16.6 Å². The second-order valence-electron chi connectivity index (χ2n) is 4.46. The minimum atomic E-state index is -0.851. The van der Waals surface area contributed by atoms with Crippen LogP contribution in [0.15, 0.2) is 0 Å². The predicted molar refractivity (Wildman–Crippen MR) is 58.2 cm³/mol. The fourth-order valence-corrected chi connectivity index (χ4v) is 6.00. The molecule has 0 fully saturated rings. The van der Waals surface area contributed by atoms with Gasteiger partial charge in [0.25, 0.3) is 0 Å². The van der Waals surface area contributed by atoms with Gasteiger partial charge >= 0.3 is 85.5 Å². The average Bonchev–Trinajstić information content (AvgIpc) is 1.84. The van der Waals surface area contributed by atoms with Gasteiger partial charge in [-0.05, 0) is 0 Å². The molecule has 0 aliphatic heterocycles. The van der Waals surface area contributed by atoms with Gasteiger partial charge in [-0.3, -0.25) is 0 Å². The molecule has 0 unspecified atom stereocenters. The molecule has 0 saturated carbocycles. The van der Waals surface area contributed by atoms with Gasteiger partial charge in [-0.25, -0.2) is 0 Å². The van der Waals surface area contributed by atoms with Crippen LogP contribution in [0.1, 0.15) is 41.5 Å². The summed E-state index contributed by atoms with van der Waals surface area (Å²) in [6.07, 6.45) is 0. The number of rotatable bonds is 3. The zero-order valence-electron chi connectivity index (χ0n) is 8.81. The van der Waals surface area contributed by atoms with Gasteiger partial charge in [0.2, 0.25) is 0 Å². The van der Waals surface area contributed by atoms with E-state index in [1.54, 1.807) is 0 Å². The van der Waals surface area contributed by atoms with Crippen molar-refractivity contribution in [2.24, 2.45) is 0 Å². The summed E-state index contributed by atoms with van der Waals surface area (Å²) in [6, 6.07) is 0. The zero-order valence-corrected chi connectivity index (χ0v) is 13.1. The summed E-state index contributed by atoms with van der Waals surface area (Å²) in [5, 5.41) is 0. The first-order valence-electron chi connectivity index (χ1n) is 4.62. The van der Waals surface area contributed by atoms with E-state index in [1.807, 2.05) is 0 Å². The van der Waals surface area contributed by atoms with Crippen molar-refractivity contribution in [3.63, 3.8) is 0 Å². The maximum atomic E-state index is 2.43. The summed E-state index contributed by atoms with van der Waals surface area (Å²) in [7, 11) is 0. The molecule has 0 rings (SSSR count). The van der Waals surface area contributed by atoms with Crippen molar-refractivity contribution in [3.8, 4) is 0 Å². The van der Waals surface area contributed by atoms with Crippen molar-refractivity contribution in [2.75, 3.05) is 0 Å². The summed E-state index contributed by atoms with van der Waals surface area (Å²) in [6.45, 7) is 14.6. The van der Waals surface area contributed by atoms with Gasteiger partial charge in [0.15, 0.2) is 0 Å². The fraction of sp³-hybridized carbons (Fsp3) is 1.00. The molecule has 2 radical (unpaired) electrons. The van der Waals surface area contributed by atoms with Gasteiger partial charge in [0.1, 0.15) is 0 Å². The van der Waals surface area contributed by atoms with Crippen molar-refractivity contribution in [1.82, 2.24) is 0 Å². The maximum absolute atomic E-state index is 2.43. The van der Waals surface area contributed by atoms with E-state index in [1.165, 1.54) is 21.7 Å². The van der Waals surface area contributed by atoms with Crippen LogP contribution >= 0.6 is 0 Å². The third-order valence-electron chi connectivity index (χ3n) is 3.00. The molecule has 11 heavy (non-hydrogen) atoms. The van der Waals surface area contributed by atoms with Crippen LogP contribution in [-0.2, 0) is 0 Å². The standard InChI is InChI=1S/C9H21Si.Sn.H/c1-7(2)10(8(3)4)9(5)6;;/h7-9H,1-6H3;;. The Kier molecular flexibility index (Phi) is 4.71. The normalized spacial score (nSPS) is 13.6. The third-order valence-corrected chi connectivity index (χ3v) is 26.1. The quantitative estimate of drug-likeness (QED) is 0.695. The third kappa shape index (κ3) is 2.48. The molecule has 2 heteroatoms. The van der Waals surface area contributed by atoms with Crippen LogP contribution < -0.4 is 0 Å². The molecule has 0 spiro atoms. The van der Waals surface area contributed by atoms with Gasteiger partial charge in [0, 0.05) is 0 Å². The van der Waals surface area contributed by atoms with Gasteiger partial charge in [-0.2, -0.15) is 0 Å². The molecule has 0 heterocycles. The van der Waals surface area contributed by atoms with Crippen LogP contribution in [0.2, 0.25) is 16.6 Å². The van der Waals surface area contributed by atoms with Crippen molar-refractivity contribution >= 4 is 27.3 Å². The Hall–Kier alpha value is 1.02. The Morgan fingerprint density at radius 2 is 0.909 bits per heavy atom. The van der Waals surface area contributed by atoms with Gasteiger partial charge in [-0.15, -0.1) is 0 Å². The van der Waals surface area contributed by atoms with Crippen LogP contribution in [-0.4, -0.2) is 27.3 Å². The molecular formula is C9H22SiSn. The summed E-state index contributed by atoms with van der Waals surface area (Å²) in [5.74, 6) is 0. The fourth-order valence-electron chi connectivity index (χ4n) is 2.00. The molecular weight excluding hydrogens is 255 g/mol. The zero-order chi connectivity index (χ0) is 9.23. The number of hydrogen-bond donors (Lipinski definition) is 0. The van der Waals surface area contributed by atoms with Gasteiger partial charge in [0.05, 0.1) is 0 Å².